The molecule has 0 unspecified atom stereocenters. The SMILES string of the molecule is CNc1nc(C)cc(C(=O)N2C[C@@H](C)OC[C@H]2c2ccccc2)n1. The zero-order valence-corrected chi connectivity index (χ0v) is 14.2. The average molecular weight is 326 g/mol. The van der Waals surface area contributed by atoms with Crippen molar-refractivity contribution in [2.75, 3.05) is 25.5 Å². The molecule has 1 fully saturated rings. The first kappa shape index (κ1) is 16.4. The Balaban J connectivity index is 1.94. The van der Waals surface area contributed by atoms with E-state index in [4.69, 9.17) is 4.74 Å². The minimum absolute atomic E-state index is 0.000571. The minimum Gasteiger partial charge on any atom is -0.374 e. The van der Waals surface area contributed by atoms with E-state index in [9.17, 15) is 4.79 Å². The third kappa shape index (κ3) is 3.38. The Labute approximate surface area is 141 Å². The number of aromatic nitrogens is 2. The first-order valence-corrected chi connectivity index (χ1v) is 8.09. The van der Waals surface area contributed by atoms with Gasteiger partial charge in [-0.25, -0.2) is 9.97 Å². The van der Waals surface area contributed by atoms with Crippen molar-refractivity contribution in [2.45, 2.75) is 26.0 Å². The van der Waals surface area contributed by atoms with Crippen molar-refractivity contribution in [2.24, 2.45) is 0 Å². The van der Waals surface area contributed by atoms with E-state index in [0.717, 1.165) is 11.3 Å². The number of ether oxygens (including phenoxy) is 1. The second-order valence-corrected chi connectivity index (χ2v) is 6.00. The number of amides is 1. The van der Waals surface area contributed by atoms with Crippen LogP contribution in [0.1, 0.15) is 34.7 Å². The molecular weight excluding hydrogens is 304 g/mol. The molecule has 0 saturated carbocycles. The highest BCUT2D eigenvalue weighted by Gasteiger charge is 2.33. The first-order chi connectivity index (χ1) is 11.6. The zero-order valence-electron chi connectivity index (χ0n) is 14.2. The lowest BCUT2D eigenvalue weighted by Crippen LogP contribution is -2.47. The molecule has 1 aromatic carbocycles. The summed E-state index contributed by atoms with van der Waals surface area (Å²) >= 11 is 0. The molecule has 2 aromatic rings. The van der Waals surface area contributed by atoms with Gasteiger partial charge in [0, 0.05) is 19.3 Å². The molecule has 1 aliphatic heterocycles. The number of nitrogens with one attached hydrogen (secondary N) is 1. The van der Waals surface area contributed by atoms with E-state index < -0.39 is 0 Å². The third-order valence-corrected chi connectivity index (χ3v) is 4.11. The van der Waals surface area contributed by atoms with Crippen LogP contribution in [-0.2, 0) is 4.74 Å². The van der Waals surface area contributed by atoms with E-state index >= 15 is 0 Å². The molecule has 1 amide bonds. The van der Waals surface area contributed by atoms with E-state index in [1.54, 1.807) is 13.1 Å². The molecule has 1 aliphatic rings. The number of carbonyl (C=O) groups is 1. The Morgan fingerprint density at radius 2 is 2.04 bits per heavy atom. The fourth-order valence-electron chi connectivity index (χ4n) is 2.92. The predicted molar refractivity (Wildman–Crippen MR) is 91.9 cm³/mol. The molecule has 0 spiro atoms. The average Bonchev–Trinajstić information content (AvgIpc) is 2.61. The van der Waals surface area contributed by atoms with Crippen LogP contribution in [0.5, 0.6) is 0 Å². The van der Waals surface area contributed by atoms with Gasteiger partial charge in [0.2, 0.25) is 5.95 Å². The monoisotopic (exact) mass is 326 g/mol. The molecule has 1 aromatic heterocycles. The highest BCUT2D eigenvalue weighted by molar-refractivity contribution is 5.93. The van der Waals surface area contributed by atoms with Crippen molar-refractivity contribution in [1.82, 2.24) is 14.9 Å². The molecule has 126 valence electrons. The van der Waals surface area contributed by atoms with Crippen molar-refractivity contribution in [3.8, 4) is 0 Å². The summed E-state index contributed by atoms with van der Waals surface area (Å²) in [7, 11) is 1.74. The van der Waals surface area contributed by atoms with Gasteiger partial charge in [0.15, 0.2) is 0 Å². The highest BCUT2D eigenvalue weighted by atomic mass is 16.5. The lowest BCUT2D eigenvalue weighted by atomic mass is 10.0. The predicted octanol–water partition coefficient (Wildman–Crippen LogP) is 2.43. The van der Waals surface area contributed by atoms with Crippen LogP contribution in [-0.4, -0.2) is 47.1 Å². The molecule has 0 aliphatic carbocycles. The number of anilines is 1. The van der Waals surface area contributed by atoms with Gasteiger partial charge in [0.05, 0.1) is 18.8 Å². The number of rotatable bonds is 3. The quantitative estimate of drug-likeness (QED) is 0.938. The van der Waals surface area contributed by atoms with Gasteiger partial charge >= 0.3 is 0 Å². The number of hydrogen-bond acceptors (Lipinski definition) is 5. The van der Waals surface area contributed by atoms with E-state index in [2.05, 4.69) is 15.3 Å². The molecule has 24 heavy (non-hydrogen) atoms. The Bertz CT molecular complexity index is 720. The van der Waals surface area contributed by atoms with Crippen LogP contribution in [0.2, 0.25) is 0 Å². The van der Waals surface area contributed by atoms with Gasteiger partial charge in [0.25, 0.3) is 5.91 Å². The summed E-state index contributed by atoms with van der Waals surface area (Å²) in [6.07, 6.45) is 0.000571. The van der Waals surface area contributed by atoms with Crippen molar-refractivity contribution < 1.29 is 9.53 Å². The van der Waals surface area contributed by atoms with Crippen LogP contribution in [0, 0.1) is 6.92 Å². The van der Waals surface area contributed by atoms with Crippen LogP contribution in [0.4, 0.5) is 5.95 Å². The van der Waals surface area contributed by atoms with Gasteiger partial charge in [-0.3, -0.25) is 4.79 Å². The summed E-state index contributed by atoms with van der Waals surface area (Å²) < 4.78 is 5.79. The van der Waals surface area contributed by atoms with Crippen LogP contribution in [0.25, 0.3) is 0 Å². The van der Waals surface area contributed by atoms with E-state index in [-0.39, 0.29) is 18.1 Å². The van der Waals surface area contributed by atoms with E-state index in [1.807, 2.05) is 49.1 Å². The number of morpholine rings is 1. The van der Waals surface area contributed by atoms with Crippen LogP contribution >= 0.6 is 0 Å². The van der Waals surface area contributed by atoms with Crippen molar-refractivity contribution >= 4 is 11.9 Å². The molecule has 6 heteroatoms. The minimum atomic E-state index is -0.108. The molecule has 1 saturated heterocycles. The molecule has 1 N–H and O–H groups in total. The Morgan fingerprint density at radius 3 is 2.75 bits per heavy atom. The van der Waals surface area contributed by atoms with E-state index in [1.165, 1.54) is 0 Å². The summed E-state index contributed by atoms with van der Waals surface area (Å²) in [5, 5.41) is 2.90. The molecule has 3 rings (SSSR count). The summed E-state index contributed by atoms with van der Waals surface area (Å²) in [4.78, 5) is 23.5. The maximum Gasteiger partial charge on any atom is 0.273 e. The normalized spacial score (nSPS) is 20.7. The maximum absolute atomic E-state index is 13.1. The fourth-order valence-corrected chi connectivity index (χ4v) is 2.92. The van der Waals surface area contributed by atoms with Crippen LogP contribution in [0.15, 0.2) is 36.4 Å². The standard InChI is InChI=1S/C18H22N4O2/c1-12-9-15(21-18(19-3)20-12)17(23)22-10-13(2)24-11-16(22)14-7-5-4-6-8-14/h4-9,13,16H,10-11H2,1-3H3,(H,19,20,21)/t13-,16+/m1/s1. The van der Waals surface area contributed by atoms with Gasteiger partial charge in [-0.15, -0.1) is 0 Å². The number of hydrogen-bond donors (Lipinski definition) is 1. The first-order valence-electron chi connectivity index (χ1n) is 8.09. The van der Waals surface area contributed by atoms with E-state index in [0.29, 0.717) is 24.8 Å². The number of aryl methyl sites for hydroxylation is 1. The zero-order chi connectivity index (χ0) is 17.1. The molecule has 0 radical (unpaired) electrons. The Morgan fingerprint density at radius 1 is 1.29 bits per heavy atom. The summed E-state index contributed by atoms with van der Waals surface area (Å²) in [5.74, 6) is 0.358. The van der Waals surface area contributed by atoms with Gasteiger partial charge in [-0.1, -0.05) is 30.3 Å². The number of carbonyl (C=O) groups excluding carboxylic acids is 1. The second kappa shape index (κ2) is 6.97. The summed E-state index contributed by atoms with van der Waals surface area (Å²) in [6.45, 7) is 4.86. The Hall–Kier alpha value is -2.47. The molecule has 2 heterocycles. The van der Waals surface area contributed by atoms with Gasteiger partial charge < -0.3 is 15.0 Å². The van der Waals surface area contributed by atoms with Gasteiger partial charge in [-0.2, -0.15) is 0 Å². The summed E-state index contributed by atoms with van der Waals surface area (Å²) in [6, 6.07) is 11.6. The lowest BCUT2D eigenvalue weighted by molar-refractivity contribution is -0.0449. The topological polar surface area (TPSA) is 67.4 Å². The fraction of sp³-hybridized carbons (Fsp3) is 0.389. The van der Waals surface area contributed by atoms with Gasteiger partial charge in [0.1, 0.15) is 5.69 Å². The molecule has 0 bridgehead atoms. The maximum atomic E-state index is 13.1. The highest BCUT2D eigenvalue weighted by Crippen LogP contribution is 2.27. The third-order valence-electron chi connectivity index (χ3n) is 4.11. The number of nitrogens with zero attached hydrogens (tertiary/aromatic N) is 3. The largest absolute Gasteiger partial charge is 0.374 e. The smallest absolute Gasteiger partial charge is 0.273 e. The van der Waals surface area contributed by atoms with Gasteiger partial charge in [-0.05, 0) is 25.5 Å². The van der Waals surface area contributed by atoms with Crippen LogP contribution < -0.4 is 5.32 Å². The number of benzene rings is 1. The van der Waals surface area contributed by atoms with Crippen molar-refractivity contribution in [1.29, 1.82) is 0 Å². The Kier molecular flexibility index (Phi) is 4.76. The molecular formula is C18H22N4O2. The molecule has 2 atom stereocenters. The lowest BCUT2D eigenvalue weighted by Gasteiger charge is -2.38. The van der Waals surface area contributed by atoms with Crippen molar-refractivity contribution in [3.05, 3.63) is 53.3 Å². The summed E-state index contributed by atoms with van der Waals surface area (Å²) in [5.41, 5.74) is 2.23. The second-order valence-electron chi connectivity index (χ2n) is 6.00. The van der Waals surface area contributed by atoms with Crippen molar-refractivity contribution in [3.63, 3.8) is 0 Å². The van der Waals surface area contributed by atoms with Crippen LogP contribution in [0.3, 0.4) is 0 Å². The molecule has 6 nitrogen and oxygen atoms in total.